The van der Waals surface area contributed by atoms with Crippen molar-refractivity contribution in [2.75, 3.05) is 12.3 Å². The average molecular weight is 391 g/mol. The van der Waals surface area contributed by atoms with Crippen LogP contribution >= 0.6 is 15.9 Å². The van der Waals surface area contributed by atoms with Crippen LogP contribution in [-0.2, 0) is 9.53 Å². The van der Waals surface area contributed by atoms with Gasteiger partial charge in [0.05, 0.1) is 11.6 Å². The van der Waals surface area contributed by atoms with E-state index in [0.717, 1.165) is 16.5 Å². The molecule has 2 aromatic carbocycles. The molecule has 6 heteroatoms. The zero-order chi connectivity index (χ0) is 17.5. The smallest absolute Gasteiger partial charge is 0.338 e. The molecule has 0 radical (unpaired) electrons. The summed E-state index contributed by atoms with van der Waals surface area (Å²) in [7, 11) is 0. The first-order valence-corrected chi connectivity index (χ1v) is 8.36. The minimum atomic E-state index is -0.554. The van der Waals surface area contributed by atoms with Gasteiger partial charge in [0.1, 0.15) is 0 Å². The molecule has 0 bridgehead atoms. The maximum Gasteiger partial charge on any atom is 0.338 e. The van der Waals surface area contributed by atoms with Crippen LogP contribution in [0, 0.1) is 0 Å². The number of hydrogen-bond acceptors (Lipinski definition) is 4. The normalized spacial score (nSPS) is 11.6. The first-order valence-electron chi connectivity index (χ1n) is 7.57. The Hall–Kier alpha value is -2.34. The van der Waals surface area contributed by atoms with E-state index in [1.807, 2.05) is 31.2 Å². The van der Waals surface area contributed by atoms with Crippen LogP contribution in [0.15, 0.2) is 53.0 Å². The number of amides is 1. The highest BCUT2D eigenvalue weighted by Crippen LogP contribution is 2.19. The molecule has 126 valence electrons. The second-order valence-corrected chi connectivity index (χ2v) is 6.19. The number of carbonyl (C=O) groups is 2. The standard InChI is InChI=1S/C18H19BrN2O3/c1-2-16(12-3-7-14(19)8-4-12)21-17(22)11-24-18(23)13-5-9-15(20)10-6-13/h3-10,16H,2,11,20H2,1H3,(H,21,22)/t16-/m1/s1. The summed E-state index contributed by atoms with van der Waals surface area (Å²) in [5, 5.41) is 2.87. The fourth-order valence-corrected chi connectivity index (χ4v) is 2.45. The minimum absolute atomic E-state index is 0.124. The number of nitrogen functional groups attached to an aromatic ring is 1. The van der Waals surface area contributed by atoms with Crippen molar-refractivity contribution < 1.29 is 14.3 Å². The highest BCUT2D eigenvalue weighted by atomic mass is 79.9. The lowest BCUT2D eigenvalue weighted by atomic mass is 10.0. The van der Waals surface area contributed by atoms with Gasteiger partial charge in [0.25, 0.3) is 5.91 Å². The lowest BCUT2D eigenvalue weighted by Gasteiger charge is -2.17. The maximum atomic E-state index is 12.0. The quantitative estimate of drug-likeness (QED) is 0.584. The summed E-state index contributed by atoms with van der Waals surface area (Å²) >= 11 is 3.38. The SMILES string of the molecule is CC[C@@H](NC(=O)COC(=O)c1ccc(N)cc1)c1ccc(Br)cc1. The monoisotopic (exact) mass is 390 g/mol. The number of nitrogens with one attached hydrogen (secondary N) is 1. The van der Waals surface area contributed by atoms with Crippen LogP contribution in [0.5, 0.6) is 0 Å². The third-order valence-corrected chi connectivity index (χ3v) is 4.03. The van der Waals surface area contributed by atoms with Crippen LogP contribution in [0.25, 0.3) is 0 Å². The Bertz CT molecular complexity index is 699. The van der Waals surface area contributed by atoms with E-state index in [-0.39, 0.29) is 18.6 Å². The van der Waals surface area contributed by atoms with Gasteiger partial charge in [-0.2, -0.15) is 0 Å². The minimum Gasteiger partial charge on any atom is -0.452 e. The highest BCUT2D eigenvalue weighted by molar-refractivity contribution is 9.10. The van der Waals surface area contributed by atoms with Crippen molar-refractivity contribution in [2.45, 2.75) is 19.4 Å². The molecule has 2 rings (SSSR count). The first-order chi connectivity index (χ1) is 11.5. The third-order valence-electron chi connectivity index (χ3n) is 3.50. The summed E-state index contributed by atoms with van der Waals surface area (Å²) in [5.41, 5.74) is 7.48. The van der Waals surface area contributed by atoms with Gasteiger partial charge >= 0.3 is 5.97 Å². The largest absolute Gasteiger partial charge is 0.452 e. The van der Waals surface area contributed by atoms with Crippen molar-refractivity contribution >= 4 is 33.5 Å². The predicted octanol–water partition coefficient (Wildman–Crippen LogP) is 3.46. The molecule has 0 aliphatic carbocycles. The van der Waals surface area contributed by atoms with Crippen molar-refractivity contribution in [3.05, 3.63) is 64.1 Å². The van der Waals surface area contributed by atoms with Gasteiger partial charge in [-0.15, -0.1) is 0 Å². The summed E-state index contributed by atoms with van der Waals surface area (Å²) in [6.07, 6.45) is 0.735. The molecule has 0 heterocycles. The number of hydrogen-bond donors (Lipinski definition) is 2. The molecule has 0 aliphatic rings. The van der Waals surface area contributed by atoms with E-state index in [9.17, 15) is 9.59 Å². The maximum absolute atomic E-state index is 12.0. The van der Waals surface area contributed by atoms with Crippen LogP contribution < -0.4 is 11.1 Å². The number of anilines is 1. The van der Waals surface area contributed by atoms with E-state index in [4.69, 9.17) is 10.5 Å². The third kappa shape index (κ3) is 5.09. The molecule has 1 amide bonds. The zero-order valence-electron chi connectivity index (χ0n) is 13.3. The Kier molecular flexibility index (Phi) is 6.37. The molecular weight excluding hydrogens is 372 g/mol. The second kappa shape index (κ2) is 8.49. The van der Waals surface area contributed by atoms with E-state index < -0.39 is 5.97 Å². The average Bonchev–Trinajstić information content (AvgIpc) is 2.59. The Balaban J connectivity index is 1.88. The number of esters is 1. The molecule has 2 aromatic rings. The molecule has 24 heavy (non-hydrogen) atoms. The van der Waals surface area contributed by atoms with E-state index in [0.29, 0.717) is 11.3 Å². The lowest BCUT2D eigenvalue weighted by molar-refractivity contribution is -0.125. The number of halogens is 1. The molecule has 0 saturated carbocycles. The van der Waals surface area contributed by atoms with Gasteiger partial charge in [-0.25, -0.2) is 4.79 Å². The van der Waals surface area contributed by atoms with Gasteiger partial charge in [-0.1, -0.05) is 35.0 Å². The van der Waals surface area contributed by atoms with Gasteiger partial charge in [0, 0.05) is 10.2 Å². The van der Waals surface area contributed by atoms with Gasteiger partial charge in [0.2, 0.25) is 0 Å². The molecule has 0 unspecified atom stereocenters. The number of carbonyl (C=O) groups excluding carboxylic acids is 2. The number of ether oxygens (including phenoxy) is 1. The molecule has 0 aromatic heterocycles. The van der Waals surface area contributed by atoms with Crippen molar-refractivity contribution in [3.8, 4) is 0 Å². The molecular formula is C18H19BrN2O3. The Labute approximate surface area is 149 Å². The second-order valence-electron chi connectivity index (χ2n) is 5.28. The lowest BCUT2D eigenvalue weighted by Crippen LogP contribution is -2.32. The Morgan fingerprint density at radius 1 is 1.12 bits per heavy atom. The van der Waals surface area contributed by atoms with Gasteiger partial charge < -0.3 is 15.8 Å². The zero-order valence-corrected chi connectivity index (χ0v) is 14.9. The number of benzene rings is 2. The van der Waals surface area contributed by atoms with Crippen molar-refractivity contribution in [3.63, 3.8) is 0 Å². The first kappa shape index (κ1) is 18.0. The summed E-state index contributed by atoms with van der Waals surface area (Å²) in [6, 6.07) is 13.9. The van der Waals surface area contributed by atoms with Gasteiger partial charge in [-0.05, 0) is 48.4 Å². The van der Waals surface area contributed by atoms with Crippen LogP contribution in [0.4, 0.5) is 5.69 Å². The van der Waals surface area contributed by atoms with Crippen LogP contribution in [0.3, 0.4) is 0 Å². The van der Waals surface area contributed by atoms with Crippen molar-refractivity contribution in [1.29, 1.82) is 0 Å². The fourth-order valence-electron chi connectivity index (χ4n) is 2.19. The molecule has 5 nitrogen and oxygen atoms in total. The fraction of sp³-hybridized carbons (Fsp3) is 0.222. The molecule has 3 N–H and O–H groups in total. The summed E-state index contributed by atoms with van der Waals surface area (Å²) in [6.45, 7) is 1.66. The van der Waals surface area contributed by atoms with Crippen LogP contribution in [-0.4, -0.2) is 18.5 Å². The summed E-state index contributed by atoms with van der Waals surface area (Å²) < 4.78 is 6.01. The Morgan fingerprint density at radius 3 is 2.33 bits per heavy atom. The molecule has 0 saturated heterocycles. The molecule has 0 spiro atoms. The van der Waals surface area contributed by atoms with E-state index >= 15 is 0 Å². The summed E-state index contributed by atoms with van der Waals surface area (Å²) in [4.78, 5) is 23.9. The summed E-state index contributed by atoms with van der Waals surface area (Å²) in [5.74, 6) is -0.893. The number of nitrogens with two attached hydrogens (primary N) is 1. The highest BCUT2D eigenvalue weighted by Gasteiger charge is 2.15. The predicted molar refractivity (Wildman–Crippen MR) is 96.5 cm³/mol. The van der Waals surface area contributed by atoms with Gasteiger partial charge in [-0.3, -0.25) is 4.79 Å². The Morgan fingerprint density at radius 2 is 1.75 bits per heavy atom. The molecule has 1 atom stereocenters. The van der Waals surface area contributed by atoms with Crippen molar-refractivity contribution in [1.82, 2.24) is 5.32 Å². The van der Waals surface area contributed by atoms with Crippen LogP contribution in [0.1, 0.15) is 35.3 Å². The van der Waals surface area contributed by atoms with E-state index in [1.165, 1.54) is 0 Å². The van der Waals surface area contributed by atoms with E-state index in [2.05, 4.69) is 21.2 Å². The molecule has 0 fully saturated rings. The molecule has 0 aliphatic heterocycles. The number of rotatable bonds is 6. The van der Waals surface area contributed by atoms with Crippen molar-refractivity contribution in [2.24, 2.45) is 0 Å². The van der Waals surface area contributed by atoms with E-state index in [1.54, 1.807) is 24.3 Å². The topological polar surface area (TPSA) is 81.4 Å². The van der Waals surface area contributed by atoms with Crippen LogP contribution in [0.2, 0.25) is 0 Å². The van der Waals surface area contributed by atoms with Gasteiger partial charge in [0.15, 0.2) is 6.61 Å².